The van der Waals surface area contributed by atoms with E-state index in [9.17, 15) is 0 Å². The van der Waals surface area contributed by atoms with E-state index in [2.05, 4.69) is 38.1 Å². The summed E-state index contributed by atoms with van der Waals surface area (Å²) in [5, 5.41) is 2.38. The normalized spacial score (nSPS) is 12.8. The first kappa shape index (κ1) is 15.3. The summed E-state index contributed by atoms with van der Waals surface area (Å²) >= 11 is 1.87. The average Bonchev–Trinajstić information content (AvgIpc) is 2.47. The van der Waals surface area contributed by atoms with E-state index in [1.54, 1.807) is 0 Å². The van der Waals surface area contributed by atoms with Crippen molar-refractivity contribution in [1.82, 2.24) is 4.98 Å². The van der Waals surface area contributed by atoms with Gasteiger partial charge in [-0.25, -0.2) is 4.98 Å². The van der Waals surface area contributed by atoms with Crippen molar-refractivity contribution in [3.8, 4) is 0 Å². The summed E-state index contributed by atoms with van der Waals surface area (Å²) in [6.45, 7) is 4.37. The summed E-state index contributed by atoms with van der Waals surface area (Å²) in [4.78, 5) is 4.84. The van der Waals surface area contributed by atoms with Gasteiger partial charge in [0.15, 0.2) is 0 Å². The number of pyridine rings is 1. The van der Waals surface area contributed by atoms with Gasteiger partial charge in [0.1, 0.15) is 0 Å². The van der Waals surface area contributed by atoms with Gasteiger partial charge in [0.05, 0.1) is 10.5 Å². The van der Waals surface area contributed by atoms with Crippen molar-refractivity contribution < 1.29 is 0 Å². The van der Waals surface area contributed by atoms with Crippen molar-refractivity contribution in [2.24, 2.45) is 5.73 Å². The number of unbranched alkanes of at least 4 members (excludes halogenated alkanes) is 1. The van der Waals surface area contributed by atoms with Gasteiger partial charge in [-0.2, -0.15) is 0 Å². The Kier molecular flexibility index (Phi) is 5.86. The van der Waals surface area contributed by atoms with Crippen molar-refractivity contribution in [2.45, 2.75) is 50.6 Å². The summed E-state index contributed by atoms with van der Waals surface area (Å²) in [6, 6.07) is 10.8. The first-order valence-electron chi connectivity index (χ1n) is 7.51. The van der Waals surface area contributed by atoms with E-state index in [1.807, 2.05) is 17.8 Å². The van der Waals surface area contributed by atoms with E-state index in [4.69, 9.17) is 10.7 Å². The van der Waals surface area contributed by atoms with Crippen LogP contribution in [0, 0.1) is 0 Å². The average molecular weight is 288 g/mol. The molecule has 0 fully saturated rings. The van der Waals surface area contributed by atoms with Crippen LogP contribution in [0.4, 0.5) is 0 Å². The Balaban J connectivity index is 2.31. The Morgan fingerprint density at radius 3 is 2.80 bits per heavy atom. The lowest BCUT2D eigenvalue weighted by Crippen LogP contribution is -2.21. The van der Waals surface area contributed by atoms with Crippen molar-refractivity contribution in [3.63, 3.8) is 0 Å². The van der Waals surface area contributed by atoms with Crippen LogP contribution in [0.1, 0.15) is 38.7 Å². The van der Waals surface area contributed by atoms with Gasteiger partial charge in [0, 0.05) is 11.4 Å². The maximum absolute atomic E-state index is 6.14. The van der Waals surface area contributed by atoms with Gasteiger partial charge in [-0.15, -0.1) is 11.8 Å². The molecule has 3 heteroatoms. The standard InChI is InChI=1S/C17H24N2S/c1-3-5-10-20-17-14(12-15(18)4-2)11-13-8-6-7-9-16(13)19-17/h6-9,11,15H,3-5,10,12,18H2,1-2H3. The molecule has 2 rings (SSSR count). The molecule has 1 aromatic carbocycles. The number of benzene rings is 1. The Hall–Kier alpha value is -1.06. The van der Waals surface area contributed by atoms with Crippen LogP contribution in [0.5, 0.6) is 0 Å². The number of hydrogen-bond acceptors (Lipinski definition) is 3. The van der Waals surface area contributed by atoms with E-state index in [-0.39, 0.29) is 6.04 Å². The lowest BCUT2D eigenvalue weighted by molar-refractivity contribution is 0.638. The summed E-state index contributed by atoms with van der Waals surface area (Å²) < 4.78 is 0. The van der Waals surface area contributed by atoms with Gasteiger partial charge in [0.25, 0.3) is 0 Å². The van der Waals surface area contributed by atoms with Crippen molar-refractivity contribution >= 4 is 22.7 Å². The van der Waals surface area contributed by atoms with Gasteiger partial charge in [0.2, 0.25) is 0 Å². The zero-order valence-electron chi connectivity index (χ0n) is 12.4. The molecule has 1 heterocycles. The number of aromatic nitrogens is 1. The number of nitrogens with zero attached hydrogens (tertiary/aromatic N) is 1. The molecule has 1 atom stereocenters. The van der Waals surface area contributed by atoms with E-state index in [0.717, 1.165) is 24.1 Å². The highest BCUT2D eigenvalue weighted by Crippen LogP contribution is 2.26. The molecule has 2 aromatic rings. The molecule has 0 amide bonds. The third-order valence-electron chi connectivity index (χ3n) is 3.51. The second-order valence-corrected chi connectivity index (χ2v) is 6.30. The third kappa shape index (κ3) is 3.97. The van der Waals surface area contributed by atoms with Crippen LogP contribution in [-0.2, 0) is 6.42 Å². The summed E-state index contributed by atoms with van der Waals surface area (Å²) in [5.74, 6) is 1.14. The number of fused-ring (bicyclic) bond motifs is 1. The van der Waals surface area contributed by atoms with Crippen LogP contribution in [0.25, 0.3) is 10.9 Å². The van der Waals surface area contributed by atoms with Gasteiger partial charge >= 0.3 is 0 Å². The summed E-state index contributed by atoms with van der Waals surface area (Å²) in [7, 11) is 0. The highest BCUT2D eigenvalue weighted by atomic mass is 32.2. The summed E-state index contributed by atoms with van der Waals surface area (Å²) in [6.07, 6.45) is 4.39. The quantitative estimate of drug-likeness (QED) is 0.606. The van der Waals surface area contributed by atoms with Gasteiger partial charge in [-0.1, -0.05) is 38.5 Å². The lowest BCUT2D eigenvalue weighted by Gasteiger charge is -2.13. The SMILES string of the molecule is CCCCSc1nc2ccccc2cc1CC(N)CC. The fourth-order valence-corrected chi connectivity index (χ4v) is 3.27. The fourth-order valence-electron chi connectivity index (χ4n) is 2.15. The second-order valence-electron chi connectivity index (χ2n) is 5.22. The molecule has 1 unspecified atom stereocenters. The lowest BCUT2D eigenvalue weighted by atomic mass is 10.0. The van der Waals surface area contributed by atoms with Crippen LogP contribution in [-0.4, -0.2) is 16.8 Å². The van der Waals surface area contributed by atoms with E-state index in [1.165, 1.54) is 28.8 Å². The number of nitrogens with two attached hydrogens (primary N) is 1. The van der Waals surface area contributed by atoms with Gasteiger partial charge in [-0.3, -0.25) is 0 Å². The molecule has 108 valence electrons. The predicted molar refractivity (Wildman–Crippen MR) is 89.3 cm³/mol. The Morgan fingerprint density at radius 1 is 1.25 bits per heavy atom. The minimum atomic E-state index is 0.225. The van der Waals surface area contributed by atoms with Crippen LogP contribution in [0.2, 0.25) is 0 Å². The van der Waals surface area contributed by atoms with Crippen LogP contribution in [0.3, 0.4) is 0 Å². The van der Waals surface area contributed by atoms with Crippen molar-refractivity contribution in [1.29, 1.82) is 0 Å². The molecule has 1 aromatic heterocycles. The zero-order chi connectivity index (χ0) is 14.4. The Bertz CT molecular complexity index is 554. The molecule has 0 aliphatic heterocycles. The smallest absolute Gasteiger partial charge is 0.1000 e. The van der Waals surface area contributed by atoms with E-state index >= 15 is 0 Å². The monoisotopic (exact) mass is 288 g/mol. The predicted octanol–water partition coefficient (Wildman–Crippen LogP) is 4.41. The molecule has 0 aliphatic carbocycles. The van der Waals surface area contributed by atoms with Crippen LogP contribution in [0.15, 0.2) is 35.4 Å². The molecule has 0 radical (unpaired) electrons. The molecule has 0 spiro atoms. The molecule has 2 nitrogen and oxygen atoms in total. The van der Waals surface area contributed by atoms with Crippen molar-refractivity contribution in [2.75, 3.05) is 5.75 Å². The molecule has 20 heavy (non-hydrogen) atoms. The maximum Gasteiger partial charge on any atom is 0.1000 e. The molecular weight excluding hydrogens is 264 g/mol. The first-order chi connectivity index (χ1) is 9.74. The summed E-state index contributed by atoms with van der Waals surface area (Å²) in [5.41, 5.74) is 8.52. The largest absolute Gasteiger partial charge is 0.327 e. The number of para-hydroxylation sites is 1. The molecule has 0 saturated carbocycles. The maximum atomic E-state index is 6.14. The number of thioether (sulfide) groups is 1. The fraction of sp³-hybridized carbons (Fsp3) is 0.471. The second kappa shape index (κ2) is 7.65. The van der Waals surface area contributed by atoms with E-state index in [0.29, 0.717) is 0 Å². The van der Waals surface area contributed by atoms with Crippen LogP contribution < -0.4 is 5.73 Å². The molecule has 0 aliphatic rings. The topological polar surface area (TPSA) is 38.9 Å². The van der Waals surface area contributed by atoms with Gasteiger partial charge < -0.3 is 5.73 Å². The van der Waals surface area contributed by atoms with Gasteiger partial charge in [-0.05, 0) is 42.7 Å². The minimum absolute atomic E-state index is 0.225. The highest BCUT2D eigenvalue weighted by Gasteiger charge is 2.10. The number of hydrogen-bond donors (Lipinski definition) is 1. The molecule has 0 saturated heterocycles. The minimum Gasteiger partial charge on any atom is -0.327 e. The van der Waals surface area contributed by atoms with Crippen LogP contribution >= 0.6 is 11.8 Å². The Morgan fingerprint density at radius 2 is 2.05 bits per heavy atom. The Labute approximate surface area is 126 Å². The molecular formula is C17H24N2S. The number of rotatable bonds is 7. The first-order valence-corrected chi connectivity index (χ1v) is 8.50. The van der Waals surface area contributed by atoms with Crippen molar-refractivity contribution in [3.05, 3.63) is 35.9 Å². The molecule has 2 N–H and O–H groups in total. The third-order valence-corrected chi connectivity index (χ3v) is 4.63. The highest BCUT2D eigenvalue weighted by molar-refractivity contribution is 7.99. The molecule has 0 bridgehead atoms. The zero-order valence-corrected chi connectivity index (χ0v) is 13.2. The van der Waals surface area contributed by atoms with E-state index < -0.39 is 0 Å².